The molecule has 1 heterocycles. The summed E-state index contributed by atoms with van der Waals surface area (Å²) in [5.41, 5.74) is 3.31. The molecule has 0 aliphatic carbocycles. The van der Waals surface area contributed by atoms with E-state index in [1.807, 2.05) is 54.6 Å². The zero-order chi connectivity index (χ0) is 37.7. The van der Waals surface area contributed by atoms with Gasteiger partial charge in [-0.1, -0.05) is 181 Å². The van der Waals surface area contributed by atoms with E-state index in [0.717, 1.165) is 29.7 Å². The molecule has 0 radical (unpaired) electrons. The number of methoxy groups -OCH3 is 1. The number of benzene rings is 3. The first-order chi connectivity index (χ1) is 26.7. The summed E-state index contributed by atoms with van der Waals surface area (Å²) in [6.45, 7) is 5.62. The van der Waals surface area contributed by atoms with Gasteiger partial charge in [-0.2, -0.15) is 0 Å². The standard InChI is InChI=1S/C47H70O7/c1-3-4-5-6-7-8-9-10-11-12-13-14-15-25-32-49-37-43(48-2)38-52-46-33-44(51-35-41-28-21-17-22-29-41)47(53-36-42-30-23-18-24-31-42)45(54-46)39-50-34-40-26-19-16-20-27-40/h16-24,26-31,43-47H,3-15,25,32-39H2,1-2H3/t43-,44+,45+,46+,47-/m0/s1. The van der Waals surface area contributed by atoms with E-state index in [4.69, 9.17) is 33.2 Å². The van der Waals surface area contributed by atoms with Gasteiger partial charge in [-0.15, -0.1) is 0 Å². The van der Waals surface area contributed by atoms with Crippen LogP contribution in [0.4, 0.5) is 0 Å². The maximum absolute atomic E-state index is 6.60. The van der Waals surface area contributed by atoms with Gasteiger partial charge in [0.25, 0.3) is 0 Å². The van der Waals surface area contributed by atoms with Gasteiger partial charge in [-0.05, 0) is 23.1 Å². The first-order valence-corrected chi connectivity index (χ1v) is 21.1. The molecular weight excluding hydrogens is 677 g/mol. The monoisotopic (exact) mass is 747 g/mol. The summed E-state index contributed by atoms with van der Waals surface area (Å²) >= 11 is 0. The Morgan fingerprint density at radius 1 is 0.556 bits per heavy atom. The third kappa shape index (κ3) is 18.8. The fourth-order valence-electron chi connectivity index (χ4n) is 6.93. The second kappa shape index (κ2) is 28.7. The van der Waals surface area contributed by atoms with Crippen molar-refractivity contribution in [3.8, 4) is 0 Å². The highest BCUT2D eigenvalue weighted by atomic mass is 16.7. The lowest BCUT2D eigenvalue weighted by Gasteiger charge is -2.41. The van der Waals surface area contributed by atoms with Crippen molar-refractivity contribution >= 4 is 0 Å². The predicted octanol–water partition coefficient (Wildman–Crippen LogP) is 11.0. The van der Waals surface area contributed by atoms with Crippen LogP contribution in [-0.4, -0.2) is 64.2 Å². The fourth-order valence-corrected chi connectivity index (χ4v) is 6.93. The van der Waals surface area contributed by atoms with Gasteiger partial charge in [0, 0.05) is 20.1 Å². The van der Waals surface area contributed by atoms with E-state index in [1.165, 1.54) is 83.5 Å². The van der Waals surface area contributed by atoms with E-state index in [9.17, 15) is 0 Å². The maximum atomic E-state index is 6.60. The Labute approximate surface area is 327 Å². The lowest BCUT2D eigenvalue weighted by Crippen LogP contribution is -2.53. The van der Waals surface area contributed by atoms with Crippen LogP contribution in [0.2, 0.25) is 0 Å². The summed E-state index contributed by atoms with van der Waals surface area (Å²) < 4.78 is 44.2. The van der Waals surface area contributed by atoms with Gasteiger partial charge < -0.3 is 33.2 Å². The Bertz CT molecular complexity index is 1280. The molecule has 7 nitrogen and oxygen atoms in total. The van der Waals surface area contributed by atoms with Crippen LogP contribution >= 0.6 is 0 Å². The average Bonchev–Trinajstić information content (AvgIpc) is 3.21. The molecule has 1 aliphatic heterocycles. The summed E-state index contributed by atoms with van der Waals surface area (Å²) in [7, 11) is 1.71. The lowest BCUT2D eigenvalue weighted by atomic mass is 10.0. The first-order valence-electron chi connectivity index (χ1n) is 21.1. The highest BCUT2D eigenvalue weighted by Crippen LogP contribution is 2.29. The first kappa shape index (κ1) is 44.1. The summed E-state index contributed by atoms with van der Waals surface area (Å²) in [4.78, 5) is 0. The SMILES string of the molecule is CCCCCCCCCCCCCCCCOC[C@@H](CO[C@H]1C[C@@H](OCc2ccccc2)[C@H](OCc2ccccc2)[C@@H](COCc2ccccc2)O1)OC. The van der Waals surface area contributed by atoms with E-state index in [0.29, 0.717) is 46.1 Å². The van der Waals surface area contributed by atoms with Crippen molar-refractivity contribution in [2.24, 2.45) is 0 Å². The average molecular weight is 747 g/mol. The van der Waals surface area contributed by atoms with Crippen molar-refractivity contribution in [1.82, 2.24) is 0 Å². The van der Waals surface area contributed by atoms with Crippen LogP contribution in [0.1, 0.15) is 120 Å². The zero-order valence-corrected chi connectivity index (χ0v) is 33.5. The van der Waals surface area contributed by atoms with E-state index in [1.54, 1.807) is 7.11 Å². The van der Waals surface area contributed by atoms with E-state index in [2.05, 4.69) is 43.3 Å². The largest absolute Gasteiger partial charge is 0.379 e. The third-order valence-corrected chi connectivity index (χ3v) is 10.2. The number of hydrogen-bond acceptors (Lipinski definition) is 7. The van der Waals surface area contributed by atoms with Gasteiger partial charge in [0.05, 0.1) is 45.7 Å². The van der Waals surface area contributed by atoms with Gasteiger partial charge in [-0.3, -0.25) is 0 Å². The Kier molecular flexibility index (Phi) is 23.5. The molecule has 54 heavy (non-hydrogen) atoms. The fraction of sp³-hybridized carbons (Fsp3) is 0.617. The minimum Gasteiger partial charge on any atom is -0.379 e. The molecule has 0 amide bonds. The molecule has 0 bridgehead atoms. The molecule has 1 saturated heterocycles. The second-order valence-corrected chi connectivity index (χ2v) is 14.8. The van der Waals surface area contributed by atoms with Gasteiger partial charge >= 0.3 is 0 Å². The number of ether oxygens (including phenoxy) is 7. The Hall–Kier alpha value is -2.62. The Balaban J connectivity index is 1.20. The second-order valence-electron chi connectivity index (χ2n) is 14.8. The molecule has 0 spiro atoms. The Morgan fingerprint density at radius 2 is 1.06 bits per heavy atom. The molecule has 3 aromatic carbocycles. The summed E-state index contributed by atoms with van der Waals surface area (Å²) in [6.07, 6.45) is 17.7. The summed E-state index contributed by atoms with van der Waals surface area (Å²) in [6, 6.07) is 30.6. The van der Waals surface area contributed by atoms with Crippen LogP contribution in [0.5, 0.6) is 0 Å². The molecule has 300 valence electrons. The molecule has 1 aliphatic rings. The predicted molar refractivity (Wildman–Crippen MR) is 217 cm³/mol. The molecule has 0 saturated carbocycles. The normalized spacial score (nSPS) is 19.2. The van der Waals surface area contributed by atoms with Crippen LogP contribution in [0.15, 0.2) is 91.0 Å². The third-order valence-electron chi connectivity index (χ3n) is 10.2. The topological polar surface area (TPSA) is 64.6 Å². The van der Waals surface area contributed by atoms with E-state index >= 15 is 0 Å². The van der Waals surface area contributed by atoms with Crippen molar-refractivity contribution < 1.29 is 33.2 Å². The van der Waals surface area contributed by atoms with Crippen molar-refractivity contribution in [2.45, 2.75) is 154 Å². The maximum Gasteiger partial charge on any atom is 0.160 e. The minimum atomic E-state index is -0.504. The van der Waals surface area contributed by atoms with Crippen LogP contribution in [0.25, 0.3) is 0 Å². The number of rotatable bonds is 31. The lowest BCUT2D eigenvalue weighted by molar-refractivity contribution is -0.283. The molecule has 0 unspecified atom stereocenters. The molecule has 0 aromatic heterocycles. The minimum absolute atomic E-state index is 0.191. The highest BCUT2D eigenvalue weighted by Gasteiger charge is 2.41. The summed E-state index contributed by atoms with van der Waals surface area (Å²) in [5, 5.41) is 0. The molecule has 0 N–H and O–H groups in total. The van der Waals surface area contributed by atoms with E-state index < -0.39 is 12.4 Å². The van der Waals surface area contributed by atoms with Gasteiger partial charge in [-0.25, -0.2) is 0 Å². The van der Waals surface area contributed by atoms with Gasteiger partial charge in [0.1, 0.15) is 18.3 Å². The van der Waals surface area contributed by atoms with Gasteiger partial charge in [0.15, 0.2) is 6.29 Å². The quantitative estimate of drug-likeness (QED) is 0.0607. The zero-order valence-electron chi connectivity index (χ0n) is 33.5. The van der Waals surface area contributed by atoms with Crippen molar-refractivity contribution in [2.75, 3.05) is 33.5 Å². The molecule has 1 fully saturated rings. The van der Waals surface area contributed by atoms with Crippen LogP contribution in [0.3, 0.4) is 0 Å². The van der Waals surface area contributed by atoms with Crippen LogP contribution in [0, 0.1) is 0 Å². The molecule has 7 heteroatoms. The van der Waals surface area contributed by atoms with Gasteiger partial charge in [0.2, 0.25) is 0 Å². The smallest absolute Gasteiger partial charge is 0.160 e. The molecular formula is C47H70O7. The Morgan fingerprint density at radius 3 is 1.59 bits per heavy atom. The summed E-state index contributed by atoms with van der Waals surface area (Å²) in [5.74, 6) is 0. The van der Waals surface area contributed by atoms with Crippen molar-refractivity contribution in [3.63, 3.8) is 0 Å². The number of unbranched alkanes of at least 4 members (excludes halogenated alkanes) is 13. The number of hydrogen-bond donors (Lipinski definition) is 0. The van der Waals surface area contributed by atoms with Crippen LogP contribution in [-0.2, 0) is 53.0 Å². The van der Waals surface area contributed by atoms with Crippen molar-refractivity contribution in [1.29, 1.82) is 0 Å². The molecule has 3 aromatic rings. The van der Waals surface area contributed by atoms with E-state index in [-0.39, 0.29) is 18.3 Å². The molecule has 4 rings (SSSR count). The molecule has 5 atom stereocenters. The highest BCUT2D eigenvalue weighted by molar-refractivity contribution is 5.15. The van der Waals surface area contributed by atoms with Crippen molar-refractivity contribution in [3.05, 3.63) is 108 Å². The van der Waals surface area contributed by atoms with Crippen LogP contribution < -0.4 is 0 Å².